The second-order valence-electron chi connectivity index (χ2n) is 6.19. The number of rotatable bonds is 6. The monoisotopic (exact) mass is 405 g/mol. The smallest absolute Gasteiger partial charge is 0.252 e. The Hall–Kier alpha value is -2.83. The largest absolute Gasteiger partial charge is 0.347 e. The number of thiophene rings is 1. The molecule has 0 spiro atoms. The van der Waals surface area contributed by atoms with Crippen molar-refractivity contribution in [2.45, 2.75) is 11.4 Å². The molecule has 0 aliphatic rings. The van der Waals surface area contributed by atoms with Crippen molar-refractivity contribution in [3.8, 4) is 0 Å². The SMILES string of the molecule is CSc1cccc(Nc2cc(C(=O)NCc3cccs3)c3ccccc3n2)c1. The molecule has 28 heavy (non-hydrogen) atoms. The summed E-state index contributed by atoms with van der Waals surface area (Å²) in [4.78, 5) is 19.9. The molecule has 0 aliphatic carbocycles. The second kappa shape index (κ2) is 8.46. The van der Waals surface area contributed by atoms with Gasteiger partial charge in [0.05, 0.1) is 17.6 Å². The third-order valence-corrected chi connectivity index (χ3v) is 5.91. The van der Waals surface area contributed by atoms with E-state index in [2.05, 4.69) is 27.8 Å². The fourth-order valence-electron chi connectivity index (χ4n) is 2.95. The Bertz CT molecular complexity index is 1110. The molecule has 6 heteroatoms. The molecular formula is C22H19N3OS2. The number of nitrogens with one attached hydrogen (secondary N) is 2. The Kier molecular flexibility index (Phi) is 5.60. The Morgan fingerprint density at radius 1 is 1.07 bits per heavy atom. The fraction of sp³-hybridized carbons (Fsp3) is 0.0909. The fourth-order valence-corrected chi connectivity index (χ4v) is 4.06. The highest BCUT2D eigenvalue weighted by Gasteiger charge is 2.13. The lowest BCUT2D eigenvalue weighted by Crippen LogP contribution is -2.22. The first-order chi connectivity index (χ1) is 13.7. The molecule has 2 heterocycles. The topological polar surface area (TPSA) is 54.0 Å². The number of carbonyl (C=O) groups is 1. The molecule has 2 aromatic heterocycles. The molecule has 0 unspecified atom stereocenters. The predicted octanol–water partition coefficient (Wildman–Crippen LogP) is 5.69. The van der Waals surface area contributed by atoms with E-state index in [4.69, 9.17) is 0 Å². The minimum absolute atomic E-state index is 0.104. The highest BCUT2D eigenvalue weighted by Crippen LogP contribution is 2.25. The molecule has 0 saturated heterocycles. The third kappa shape index (κ3) is 4.18. The summed E-state index contributed by atoms with van der Waals surface area (Å²) < 4.78 is 0. The molecule has 0 atom stereocenters. The van der Waals surface area contributed by atoms with Crippen LogP contribution < -0.4 is 10.6 Å². The van der Waals surface area contributed by atoms with Gasteiger partial charge in [-0.05, 0) is 48.0 Å². The molecule has 0 bridgehead atoms. The lowest BCUT2D eigenvalue weighted by atomic mass is 10.1. The Morgan fingerprint density at radius 3 is 2.79 bits per heavy atom. The van der Waals surface area contributed by atoms with Crippen molar-refractivity contribution >= 4 is 51.4 Å². The number of para-hydroxylation sites is 1. The van der Waals surface area contributed by atoms with Crippen LogP contribution in [0.2, 0.25) is 0 Å². The van der Waals surface area contributed by atoms with Crippen LogP contribution in [0.5, 0.6) is 0 Å². The van der Waals surface area contributed by atoms with Crippen molar-refractivity contribution in [2.75, 3.05) is 11.6 Å². The van der Waals surface area contributed by atoms with E-state index in [1.54, 1.807) is 23.1 Å². The van der Waals surface area contributed by atoms with Gasteiger partial charge in [0.1, 0.15) is 5.82 Å². The van der Waals surface area contributed by atoms with Crippen LogP contribution in [0.3, 0.4) is 0 Å². The molecule has 4 aromatic rings. The van der Waals surface area contributed by atoms with Crippen LogP contribution in [-0.2, 0) is 6.54 Å². The minimum Gasteiger partial charge on any atom is -0.347 e. The van der Waals surface area contributed by atoms with Gasteiger partial charge in [-0.3, -0.25) is 4.79 Å². The maximum Gasteiger partial charge on any atom is 0.252 e. The van der Waals surface area contributed by atoms with Gasteiger partial charge >= 0.3 is 0 Å². The molecule has 1 amide bonds. The van der Waals surface area contributed by atoms with E-state index >= 15 is 0 Å². The highest BCUT2D eigenvalue weighted by molar-refractivity contribution is 7.98. The van der Waals surface area contributed by atoms with Gasteiger partial charge in [0.2, 0.25) is 0 Å². The molecule has 0 fully saturated rings. The van der Waals surface area contributed by atoms with Crippen LogP contribution in [0.1, 0.15) is 15.2 Å². The van der Waals surface area contributed by atoms with Crippen LogP contribution in [0.4, 0.5) is 11.5 Å². The lowest BCUT2D eigenvalue weighted by molar-refractivity contribution is 0.0953. The summed E-state index contributed by atoms with van der Waals surface area (Å²) in [5.41, 5.74) is 2.35. The Balaban J connectivity index is 1.65. The standard InChI is InChI=1S/C22H19N3OS2/c1-27-16-7-4-6-15(12-16)24-21-13-19(18-9-2-3-10-20(18)25-21)22(26)23-14-17-8-5-11-28-17/h2-13H,14H2,1H3,(H,23,26)(H,24,25). The number of hydrogen-bond donors (Lipinski definition) is 2. The lowest BCUT2D eigenvalue weighted by Gasteiger charge is -2.12. The molecule has 0 aliphatic heterocycles. The van der Waals surface area contributed by atoms with Crippen molar-refractivity contribution in [2.24, 2.45) is 0 Å². The number of amides is 1. The van der Waals surface area contributed by atoms with Gasteiger partial charge in [0, 0.05) is 20.8 Å². The number of hydrogen-bond acceptors (Lipinski definition) is 5. The summed E-state index contributed by atoms with van der Waals surface area (Å²) in [6, 6.07) is 21.7. The molecule has 4 nitrogen and oxygen atoms in total. The molecule has 4 rings (SSSR count). The summed E-state index contributed by atoms with van der Waals surface area (Å²) in [6.45, 7) is 0.520. The number of pyridine rings is 1. The first-order valence-electron chi connectivity index (χ1n) is 8.84. The van der Waals surface area contributed by atoms with E-state index in [1.807, 2.05) is 66.2 Å². The zero-order valence-corrected chi connectivity index (χ0v) is 16.9. The maximum absolute atomic E-state index is 12.9. The van der Waals surface area contributed by atoms with E-state index < -0.39 is 0 Å². The van der Waals surface area contributed by atoms with Gasteiger partial charge in [-0.2, -0.15) is 0 Å². The zero-order valence-electron chi connectivity index (χ0n) is 15.3. The zero-order chi connectivity index (χ0) is 19.3. The maximum atomic E-state index is 12.9. The number of nitrogens with zero attached hydrogens (tertiary/aromatic N) is 1. The van der Waals surface area contributed by atoms with E-state index in [9.17, 15) is 4.79 Å². The average Bonchev–Trinajstić information content (AvgIpc) is 3.25. The molecule has 2 N–H and O–H groups in total. The van der Waals surface area contributed by atoms with Crippen LogP contribution in [0.25, 0.3) is 10.9 Å². The number of aromatic nitrogens is 1. The van der Waals surface area contributed by atoms with Gasteiger partial charge in [0.15, 0.2) is 0 Å². The van der Waals surface area contributed by atoms with E-state index in [-0.39, 0.29) is 5.91 Å². The molecule has 0 radical (unpaired) electrons. The minimum atomic E-state index is -0.104. The number of thioether (sulfide) groups is 1. The van der Waals surface area contributed by atoms with Crippen molar-refractivity contribution in [1.82, 2.24) is 10.3 Å². The molecule has 0 saturated carbocycles. The third-order valence-electron chi connectivity index (χ3n) is 4.31. The summed E-state index contributed by atoms with van der Waals surface area (Å²) in [7, 11) is 0. The predicted molar refractivity (Wildman–Crippen MR) is 119 cm³/mol. The summed E-state index contributed by atoms with van der Waals surface area (Å²) >= 11 is 3.32. The number of carbonyl (C=O) groups excluding carboxylic acids is 1. The normalized spacial score (nSPS) is 10.8. The van der Waals surface area contributed by atoms with Gasteiger partial charge in [0.25, 0.3) is 5.91 Å². The number of anilines is 2. The Morgan fingerprint density at radius 2 is 1.96 bits per heavy atom. The summed E-state index contributed by atoms with van der Waals surface area (Å²) in [5.74, 6) is 0.547. The van der Waals surface area contributed by atoms with Crippen LogP contribution in [0, 0.1) is 0 Å². The second-order valence-corrected chi connectivity index (χ2v) is 8.10. The van der Waals surface area contributed by atoms with Crippen molar-refractivity contribution in [1.29, 1.82) is 0 Å². The van der Waals surface area contributed by atoms with E-state index in [0.717, 1.165) is 21.5 Å². The quantitative estimate of drug-likeness (QED) is 0.405. The van der Waals surface area contributed by atoms with Crippen LogP contribution in [-0.4, -0.2) is 17.1 Å². The van der Waals surface area contributed by atoms with Crippen LogP contribution in [0.15, 0.2) is 77.0 Å². The molecule has 2 aromatic carbocycles. The van der Waals surface area contributed by atoms with Gasteiger partial charge < -0.3 is 10.6 Å². The van der Waals surface area contributed by atoms with Crippen LogP contribution >= 0.6 is 23.1 Å². The first-order valence-corrected chi connectivity index (χ1v) is 10.9. The molecular weight excluding hydrogens is 386 g/mol. The van der Waals surface area contributed by atoms with Gasteiger partial charge in [-0.15, -0.1) is 23.1 Å². The first kappa shape index (κ1) is 18.5. The number of benzene rings is 2. The van der Waals surface area contributed by atoms with Gasteiger partial charge in [-0.25, -0.2) is 4.98 Å². The van der Waals surface area contributed by atoms with Gasteiger partial charge in [-0.1, -0.05) is 30.3 Å². The van der Waals surface area contributed by atoms with Crippen molar-refractivity contribution in [3.63, 3.8) is 0 Å². The highest BCUT2D eigenvalue weighted by atomic mass is 32.2. The number of fused-ring (bicyclic) bond motifs is 1. The summed E-state index contributed by atoms with van der Waals surface area (Å²) in [6.07, 6.45) is 2.05. The van der Waals surface area contributed by atoms with E-state index in [0.29, 0.717) is 17.9 Å². The average molecular weight is 406 g/mol. The van der Waals surface area contributed by atoms with Crippen molar-refractivity contribution < 1.29 is 4.79 Å². The Labute approximate surface area is 172 Å². The molecule has 140 valence electrons. The van der Waals surface area contributed by atoms with Crippen molar-refractivity contribution in [3.05, 3.63) is 82.6 Å². The summed E-state index contributed by atoms with van der Waals surface area (Å²) in [5, 5.41) is 9.20. The van der Waals surface area contributed by atoms with E-state index in [1.165, 1.54) is 4.90 Å².